The standard InChI is InChI=1S/C22H13BrN2O4S/c23-12-2-3-13-16(9-12)29-21-14(7-11-1-4-15-17(8-11)28-10-27-15)25-19(18(21)20(13)26)22-24-5-6-30-22/h1-6,8-9,25H,7,10H2. The van der Waals surface area contributed by atoms with Crippen LogP contribution >= 0.6 is 27.3 Å². The number of H-pyrrole nitrogens is 1. The van der Waals surface area contributed by atoms with Crippen molar-refractivity contribution in [2.75, 3.05) is 6.79 Å². The van der Waals surface area contributed by atoms with Gasteiger partial charge in [0.2, 0.25) is 12.2 Å². The molecule has 0 unspecified atom stereocenters. The van der Waals surface area contributed by atoms with Gasteiger partial charge in [0.1, 0.15) is 10.6 Å². The first-order valence-corrected chi connectivity index (χ1v) is 10.9. The number of aromatic nitrogens is 2. The Bertz CT molecular complexity index is 1490. The highest BCUT2D eigenvalue weighted by Gasteiger charge is 2.22. The van der Waals surface area contributed by atoms with Gasteiger partial charge in [-0.1, -0.05) is 22.0 Å². The Morgan fingerprint density at radius 2 is 2.03 bits per heavy atom. The molecule has 0 atom stereocenters. The molecule has 1 aliphatic rings. The number of hydrogen-bond acceptors (Lipinski definition) is 6. The van der Waals surface area contributed by atoms with Gasteiger partial charge in [-0.3, -0.25) is 4.79 Å². The molecular weight excluding hydrogens is 468 g/mol. The second kappa shape index (κ2) is 6.72. The maximum Gasteiger partial charge on any atom is 0.231 e. The Balaban J connectivity index is 1.59. The third kappa shape index (κ3) is 2.75. The lowest BCUT2D eigenvalue weighted by molar-refractivity contribution is 0.174. The molecule has 4 heterocycles. The Kier molecular flexibility index (Phi) is 3.97. The predicted molar refractivity (Wildman–Crippen MR) is 119 cm³/mol. The van der Waals surface area contributed by atoms with Crippen molar-refractivity contribution in [2.24, 2.45) is 0 Å². The third-order valence-corrected chi connectivity index (χ3v) is 6.40. The molecule has 0 saturated heterocycles. The van der Waals surface area contributed by atoms with Gasteiger partial charge < -0.3 is 18.9 Å². The zero-order chi connectivity index (χ0) is 20.2. The van der Waals surface area contributed by atoms with Crippen molar-refractivity contribution in [1.82, 2.24) is 9.97 Å². The van der Waals surface area contributed by atoms with E-state index < -0.39 is 0 Å². The molecular formula is C22H13BrN2O4S. The Morgan fingerprint density at radius 3 is 2.90 bits per heavy atom. The van der Waals surface area contributed by atoms with Crippen LogP contribution in [0.4, 0.5) is 0 Å². The normalized spacial score (nSPS) is 12.8. The highest BCUT2D eigenvalue weighted by molar-refractivity contribution is 9.10. The molecule has 148 valence electrons. The number of ether oxygens (including phenoxy) is 2. The van der Waals surface area contributed by atoms with Gasteiger partial charge in [-0.05, 0) is 35.9 Å². The minimum atomic E-state index is -0.0721. The summed E-state index contributed by atoms with van der Waals surface area (Å²) in [5, 5.41) is 3.70. The van der Waals surface area contributed by atoms with Gasteiger partial charge in [-0.2, -0.15) is 0 Å². The summed E-state index contributed by atoms with van der Waals surface area (Å²) < 4.78 is 18.0. The summed E-state index contributed by atoms with van der Waals surface area (Å²) in [5.41, 5.74) is 3.54. The maximum absolute atomic E-state index is 13.4. The molecule has 0 radical (unpaired) electrons. The quantitative estimate of drug-likeness (QED) is 0.369. The Labute approximate surface area is 182 Å². The van der Waals surface area contributed by atoms with Crippen LogP contribution in [0.25, 0.3) is 32.6 Å². The van der Waals surface area contributed by atoms with E-state index in [1.54, 1.807) is 12.3 Å². The van der Waals surface area contributed by atoms with Crippen LogP contribution in [0.2, 0.25) is 0 Å². The maximum atomic E-state index is 13.4. The van der Waals surface area contributed by atoms with Crippen LogP contribution in [-0.4, -0.2) is 16.8 Å². The number of fused-ring (bicyclic) bond motifs is 3. The molecule has 1 N–H and O–H groups in total. The largest absolute Gasteiger partial charge is 0.454 e. The van der Waals surface area contributed by atoms with Gasteiger partial charge in [0, 0.05) is 22.5 Å². The molecule has 8 heteroatoms. The summed E-state index contributed by atoms with van der Waals surface area (Å²) >= 11 is 4.93. The third-order valence-electron chi connectivity index (χ3n) is 5.12. The molecule has 30 heavy (non-hydrogen) atoms. The molecule has 0 aliphatic carbocycles. The summed E-state index contributed by atoms with van der Waals surface area (Å²) in [6.45, 7) is 0.230. The SMILES string of the molecule is O=c1c2ccc(Br)cc2oc2c(Cc3ccc4c(c3)OCO4)[nH]c(-c3nccs3)c12. The summed E-state index contributed by atoms with van der Waals surface area (Å²) in [5.74, 6) is 1.46. The van der Waals surface area contributed by atoms with Crippen LogP contribution in [0.3, 0.4) is 0 Å². The van der Waals surface area contributed by atoms with E-state index in [1.807, 2.05) is 35.7 Å². The van der Waals surface area contributed by atoms with Crippen molar-refractivity contribution in [3.63, 3.8) is 0 Å². The van der Waals surface area contributed by atoms with Gasteiger partial charge in [0.15, 0.2) is 17.1 Å². The molecule has 0 amide bonds. The molecule has 0 bridgehead atoms. The lowest BCUT2D eigenvalue weighted by atomic mass is 10.1. The lowest BCUT2D eigenvalue weighted by Gasteiger charge is -2.03. The smallest absolute Gasteiger partial charge is 0.231 e. The molecule has 0 saturated carbocycles. The lowest BCUT2D eigenvalue weighted by Crippen LogP contribution is -2.02. The molecule has 6 rings (SSSR count). The van der Waals surface area contributed by atoms with Crippen LogP contribution in [-0.2, 0) is 6.42 Å². The first-order valence-electron chi connectivity index (χ1n) is 9.23. The van der Waals surface area contributed by atoms with Gasteiger partial charge in [0.05, 0.1) is 22.2 Å². The Hall–Kier alpha value is -3.10. The van der Waals surface area contributed by atoms with Crippen molar-refractivity contribution < 1.29 is 13.9 Å². The van der Waals surface area contributed by atoms with E-state index in [0.29, 0.717) is 34.1 Å². The van der Waals surface area contributed by atoms with Crippen molar-refractivity contribution in [3.8, 4) is 22.2 Å². The number of hydrogen-bond donors (Lipinski definition) is 1. The van der Waals surface area contributed by atoms with E-state index in [9.17, 15) is 4.79 Å². The minimum absolute atomic E-state index is 0.0721. The second-order valence-corrected chi connectivity index (χ2v) is 8.77. The van der Waals surface area contributed by atoms with Crippen molar-refractivity contribution in [1.29, 1.82) is 0 Å². The number of aromatic amines is 1. The summed E-state index contributed by atoms with van der Waals surface area (Å²) in [7, 11) is 0. The number of nitrogens with one attached hydrogen (secondary N) is 1. The fourth-order valence-corrected chi connectivity index (χ4v) is 4.75. The van der Waals surface area contributed by atoms with Gasteiger partial charge in [-0.15, -0.1) is 11.3 Å². The van der Waals surface area contributed by atoms with Gasteiger partial charge in [0.25, 0.3) is 0 Å². The molecule has 3 aromatic heterocycles. The number of thiazole rings is 1. The number of nitrogens with zero attached hydrogens (tertiary/aromatic N) is 1. The van der Waals surface area contributed by atoms with Crippen molar-refractivity contribution in [3.05, 3.63) is 73.9 Å². The number of benzene rings is 2. The van der Waals surface area contributed by atoms with Crippen molar-refractivity contribution >= 4 is 49.2 Å². The van der Waals surface area contributed by atoms with Crippen molar-refractivity contribution in [2.45, 2.75) is 6.42 Å². The van der Waals surface area contributed by atoms with Crippen LogP contribution < -0.4 is 14.9 Å². The van der Waals surface area contributed by atoms with Crippen LogP contribution in [0.15, 0.2) is 61.7 Å². The number of halogens is 1. The van der Waals surface area contributed by atoms with E-state index in [1.165, 1.54) is 11.3 Å². The van der Waals surface area contributed by atoms with E-state index in [0.717, 1.165) is 32.2 Å². The summed E-state index contributed by atoms with van der Waals surface area (Å²) in [4.78, 5) is 21.2. The number of rotatable bonds is 3. The first-order chi connectivity index (χ1) is 14.7. The van der Waals surface area contributed by atoms with E-state index in [-0.39, 0.29) is 12.2 Å². The fraction of sp³-hybridized carbons (Fsp3) is 0.0909. The molecule has 6 nitrogen and oxygen atoms in total. The Morgan fingerprint density at radius 1 is 1.13 bits per heavy atom. The summed E-state index contributed by atoms with van der Waals surface area (Å²) in [6, 6.07) is 11.3. The fourth-order valence-electron chi connectivity index (χ4n) is 3.76. The average Bonchev–Trinajstić information content (AvgIpc) is 3.48. The zero-order valence-electron chi connectivity index (χ0n) is 15.4. The van der Waals surface area contributed by atoms with Gasteiger partial charge >= 0.3 is 0 Å². The second-order valence-electron chi connectivity index (χ2n) is 6.96. The highest BCUT2D eigenvalue weighted by atomic mass is 79.9. The van der Waals surface area contributed by atoms with Crippen LogP contribution in [0, 0.1) is 0 Å². The van der Waals surface area contributed by atoms with Gasteiger partial charge in [-0.25, -0.2) is 4.98 Å². The first kappa shape index (κ1) is 17.7. The molecule has 0 fully saturated rings. The average molecular weight is 481 g/mol. The minimum Gasteiger partial charge on any atom is -0.454 e. The van der Waals surface area contributed by atoms with E-state index in [2.05, 4.69) is 25.9 Å². The van der Waals surface area contributed by atoms with Crippen LogP contribution in [0.1, 0.15) is 11.3 Å². The predicted octanol–water partition coefficient (Wildman–Crippen LogP) is 5.48. The topological polar surface area (TPSA) is 77.4 Å². The molecule has 1 aliphatic heterocycles. The summed E-state index contributed by atoms with van der Waals surface area (Å²) in [6.07, 6.45) is 2.27. The zero-order valence-corrected chi connectivity index (χ0v) is 17.8. The monoisotopic (exact) mass is 480 g/mol. The highest BCUT2D eigenvalue weighted by Crippen LogP contribution is 2.36. The molecule has 0 spiro atoms. The molecule has 2 aromatic carbocycles. The van der Waals surface area contributed by atoms with E-state index >= 15 is 0 Å². The van der Waals surface area contributed by atoms with Crippen LogP contribution in [0.5, 0.6) is 11.5 Å². The van der Waals surface area contributed by atoms with E-state index in [4.69, 9.17) is 13.9 Å². The molecule has 5 aromatic rings.